The third-order valence-corrected chi connectivity index (χ3v) is 5.41. The highest BCUT2D eigenvalue weighted by molar-refractivity contribution is 6.05. The van der Waals surface area contributed by atoms with Crippen molar-refractivity contribution < 1.29 is 9.53 Å². The summed E-state index contributed by atoms with van der Waals surface area (Å²) in [5.74, 6) is 2.33. The summed E-state index contributed by atoms with van der Waals surface area (Å²) in [4.78, 5) is 22.2. The molecular weight excluding hydrogens is 448 g/mol. The van der Waals surface area contributed by atoms with Gasteiger partial charge < -0.3 is 15.4 Å². The Kier molecular flexibility index (Phi) is 6.67. The summed E-state index contributed by atoms with van der Waals surface area (Å²) in [7, 11) is 0. The van der Waals surface area contributed by atoms with Crippen LogP contribution in [-0.4, -0.2) is 15.9 Å². The summed E-state index contributed by atoms with van der Waals surface area (Å²) in [6.45, 7) is 1.86. The molecule has 0 aliphatic heterocycles. The van der Waals surface area contributed by atoms with Crippen molar-refractivity contribution in [1.82, 2.24) is 9.97 Å². The molecule has 4 aromatic carbocycles. The quantitative estimate of drug-likeness (QED) is 0.261. The number of amides is 1. The molecular formula is C30H24N4O2. The predicted molar refractivity (Wildman–Crippen MR) is 143 cm³/mol. The highest BCUT2D eigenvalue weighted by atomic mass is 16.5. The van der Waals surface area contributed by atoms with Gasteiger partial charge in [0.05, 0.1) is 11.4 Å². The number of benzene rings is 4. The van der Waals surface area contributed by atoms with Gasteiger partial charge in [-0.3, -0.25) is 4.79 Å². The molecule has 0 saturated carbocycles. The van der Waals surface area contributed by atoms with Crippen LogP contribution in [0.3, 0.4) is 0 Å². The van der Waals surface area contributed by atoms with E-state index in [9.17, 15) is 4.79 Å². The van der Waals surface area contributed by atoms with E-state index in [-0.39, 0.29) is 5.91 Å². The Bertz CT molecular complexity index is 1490. The fourth-order valence-electron chi connectivity index (χ4n) is 3.74. The van der Waals surface area contributed by atoms with Crippen molar-refractivity contribution >= 4 is 23.1 Å². The first-order chi connectivity index (χ1) is 17.6. The van der Waals surface area contributed by atoms with Crippen molar-refractivity contribution in [3.8, 4) is 22.8 Å². The molecule has 0 unspecified atom stereocenters. The zero-order valence-corrected chi connectivity index (χ0v) is 19.7. The molecule has 0 fully saturated rings. The lowest BCUT2D eigenvalue weighted by Gasteiger charge is -2.13. The molecule has 1 heterocycles. The minimum Gasteiger partial charge on any atom is -0.455 e. The number of nitrogens with one attached hydrogen (secondary N) is 2. The Labute approximate surface area is 209 Å². The van der Waals surface area contributed by atoms with Gasteiger partial charge in [0.25, 0.3) is 5.91 Å². The van der Waals surface area contributed by atoms with E-state index in [0.29, 0.717) is 34.4 Å². The topological polar surface area (TPSA) is 76.1 Å². The van der Waals surface area contributed by atoms with E-state index in [1.54, 1.807) is 12.1 Å². The van der Waals surface area contributed by atoms with Crippen LogP contribution in [0.5, 0.6) is 11.5 Å². The third kappa shape index (κ3) is 5.56. The Morgan fingerprint density at radius 2 is 1.47 bits per heavy atom. The molecule has 176 valence electrons. The fraction of sp³-hybridized carbons (Fsp3) is 0.0333. The number of nitrogens with zero attached hydrogens (tertiary/aromatic N) is 2. The van der Waals surface area contributed by atoms with E-state index < -0.39 is 0 Å². The van der Waals surface area contributed by atoms with Gasteiger partial charge in [0.1, 0.15) is 17.4 Å². The van der Waals surface area contributed by atoms with Gasteiger partial charge in [-0.05, 0) is 49.4 Å². The minimum absolute atomic E-state index is 0.244. The van der Waals surface area contributed by atoms with Gasteiger partial charge >= 0.3 is 0 Å². The molecule has 0 spiro atoms. The zero-order chi connectivity index (χ0) is 24.7. The van der Waals surface area contributed by atoms with Crippen molar-refractivity contribution in [2.75, 3.05) is 10.6 Å². The van der Waals surface area contributed by atoms with Crippen molar-refractivity contribution in [3.63, 3.8) is 0 Å². The first-order valence-corrected chi connectivity index (χ1v) is 11.6. The molecule has 6 heteroatoms. The van der Waals surface area contributed by atoms with Gasteiger partial charge in [-0.1, -0.05) is 66.7 Å². The SMILES string of the molecule is Cc1nc(Nc2cccc(C(=O)Nc3ccccc3Oc3ccccc3)c2)cc(-c2ccccc2)n1. The minimum atomic E-state index is -0.244. The number of carbonyl (C=O) groups excluding carboxylic acids is 1. The number of aryl methyl sites for hydroxylation is 1. The summed E-state index contributed by atoms with van der Waals surface area (Å²) in [6, 6.07) is 35.9. The van der Waals surface area contributed by atoms with E-state index in [4.69, 9.17) is 4.74 Å². The van der Waals surface area contributed by atoms with Crippen LogP contribution in [-0.2, 0) is 0 Å². The van der Waals surface area contributed by atoms with E-state index in [1.807, 2.05) is 110 Å². The Morgan fingerprint density at radius 3 is 2.28 bits per heavy atom. The van der Waals surface area contributed by atoms with E-state index in [2.05, 4.69) is 20.6 Å². The predicted octanol–water partition coefficient (Wildman–Crippen LogP) is 7.24. The lowest BCUT2D eigenvalue weighted by molar-refractivity contribution is 0.102. The summed E-state index contributed by atoms with van der Waals surface area (Å²) in [6.07, 6.45) is 0. The molecule has 2 N–H and O–H groups in total. The molecule has 0 saturated heterocycles. The van der Waals surface area contributed by atoms with Crippen LogP contribution in [0.15, 0.2) is 115 Å². The van der Waals surface area contributed by atoms with Gasteiger partial charge in [-0.25, -0.2) is 9.97 Å². The molecule has 36 heavy (non-hydrogen) atoms. The third-order valence-electron chi connectivity index (χ3n) is 5.41. The molecule has 0 aliphatic rings. The highest BCUT2D eigenvalue weighted by Gasteiger charge is 2.12. The summed E-state index contributed by atoms with van der Waals surface area (Å²) < 4.78 is 5.97. The molecule has 6 nitrogen and oxygen atoms in total. The zero-order valence-electron chi connectivity index (χ0n) is 19.7. The van der Waals surface area contributed by atoms with Crippen molar-refractivity contribution in [2.24, 2.45) is 0 Å². The Hall–Kier alpha value is -4.97. The molecule has 5 aromatic rings. The number of para-hydroxylation sites is 3. The van der Waals surface area contributed by atoms with Crippen LogP contribution in [0, 0.1) is 6.92 Å². The maximum atomic E-state index is 13.1. The van der Waals surface area contributed by atoms with E-state index in [1.165, 1.54) is 0 Å². The number of rotatable bonds is 7. The molecule has 0 radical (unpaired) electrons. The van der Waals surface area contributed by atoms with Crippen LogP contribution < -0.4 is 15.4 Å². The average molecular weight is 473 g/mol. The van der Waals surface area contributed by atoms with Crippen LogP contribution in [0.25, 0.3) is 11.3 Å². The molecule has 1 aromatic heterocycles. The van der Waals surface area contributed by atoms with Gasteiger partial charge in [0, 0.05) is 22.9 Å². The molecule has 0 atom stereocenters. The lowest BCUT2D eigenvalue weighted by Crippen LogP contribution is -2.12. The van der Waals surface area contributed by atoms with Gasteiger partial charge in [0.15, 0.2) is 5.75 Å². The van der Waals surface area contributed by atoms with Crippen molar-refractivity contribution in [3.05, 3.63) is 127 Å². The van der Waals surface area contributed by atoms with Crippen LogP contribution in [0.2, 0.25) is 0 Å². The smallest absolute Gasteiger partial charge is 0.255 e. The monoisotopic (exact) mass is 472 g/mol. The largest absolute Gasteiger partial charge is 0.455 e. The number of hydrogen-bond donors (Lipinski definition) is 2. The van der Waals surface area contributed by atoms with Gasteiger partial charge in [-0.2, -0.15) is 0 Å². The molecule has 0 bridgehead atoms. The lowest BCUT2D eigenvalue weighted by atomic mass is 10.1. The number of anilines is 3. The molecule has 5 rings (SSSR count). The second-order valence-corrected chi connectivity index (χ2v) is 8.12. The summed E-state index contributed by atoms with van der Waals surface area (Å²) >= 11 is 0. The maximum absolute atomic E-state index is 13.1. The number of hydrogen-bond acceptors (Lipinski definition) is 5. The number of carbonyl (C=O) groups is 1. The summed E-state index contributed by atoms with van der Waals surface area (Å²) in [5, 5.41) is 6.26. The van der Waals surface area contributed by atoms with Crippen molar-refractivity contribution in [2.45, 2.75) is 6.92 Å². The first-order valence-electron chi connectivity index (χ1n) is 11.6. The van der Waals surface area contributed by atoms with Gasteiger partial charge in [-0.15, -0.1) is 0 Å². The Morgan fingerprint density at radius 1 is 0.750 bits per heavy atom. The van der Waals surface area contributed by atoms with Crippen molar-refractivity contribution in [1.29, 1.82) is 0 Å². The van der Waals surface area contributed by atoms with E-state index in [0.717, 1.165) is 16.9 Å². The average Bonchev–Trinajstić information content (AvgIpc) is 2.91. The Balaban J connectivity index is 1.34. The standard InChI is InChI=1S/C30H24N4O2/c1-21-31-27(22-11-4-2-5-12-22)20-29(32-21)33-24-14-10-13-23(19-24)30(35)34-26-17-8-9-18-28(26)36-25-15-6-3-7-16-25/h2-20H,1H3,(H,34,35)(H,31,32,33). The highest BCUT2D eigenvalue weighted by Crippen LogP contribution is 2.30. The molecule has 1 amide bonds. The van der Waals surface area contributed by atoms with Gasteiger partial charge in [0.2, 0.25) is 0 Å². The summed E-state index contributed by atoms with van der Waals surface area (Å²) in [5.41, 5.74) is 3.67. The van der Waals surface area contributed by atoms with Crippen LogP contribution in [0.1, 0.15) is 16.2 Å². The molecule has 0 aliphatic carbocycles. The van der Waals surface area contributed by atoms with E-state index >= 15 is 0 Å². The van der Waals surface area contributed by atoms with Crippen LogP contribution >= 0.6 is 0 Å². The second-order valence-electron chi connectivity index (χ2n) is 8.12. The normalized spacial score (nSPS) is 10.5. The van der Waals surface area contributed by atoms with Crippen LogP contribution in [0.4, 0.5) is 17.2 Å². The number of ether oxygens (including phenoxy) is 1. The first kappa shape index (κ1) is 22.8. The maximum Gasteiger partial charge on any atom is 0.255 e. The fourth-order valence-corrected chi connectivity index (χ4v) is 3.74. The second kappa shape index (κ2) is 10.5. The number of aromatic nitrogens is 2.